The number of aliphatic imine (C=N–C) groups is 1. The zero-order valence-electron chi connectivity index (χ0n) is 15.5. The number of non-ortho nitro benzene ring substituents is 1. The van der Waals surface area contributed by atoms with Crippen molar-refractivity contribution in [2.45, 2.75) is 6.92 Å². The molecule has 0 saturated heterocycles. The van der Waals surface area contributed by atoms with E-state index in [1.807, 2.05) is 0 Å². The van der Waals surface area contributed by atoms with Crippen LogP contribution in [0.4, 0.5) is 11.4 Å². The maximum Gasteiger partial charge on any atom is 0.344 e. The summed E-state index contributed by atoms with van der Waals surface area (Å²) >= 11 is 13.1. The summed E-state index contributed by atoms with van der Waals surface area (Å²) in [6.45, 7) is 1.75. The molecule has 0 fully saturated rings. The number of benzene rings is 2. The number of esters is 1. The number of aliphatic hydroxyl groups excluding tert-OH is 1. The van der Waals surface area contributed by atoms with Gasteiger partial charge in [0.25, 0.3) is 5.69 Å². The van der Waals surface area contributed by atoms with E-state index in [-0.39, 0.29) is 33.7 Å². The van der Waals surface area contributed by atoms with Gasteiger partial charge in [0, 0.05) is 17.2 Å². The fraction of sp³-hybridized carbons (Fsp3) is 0.100. The lowest BCUT2D eigenvalue weighted by atomic mass is 10.1. The van der Waals surface area contributed by atoms with Crippen molar-refractivity contribution in [2.75, 3.05) is 6.61 Å². The number of hydrogen-bond acceptors (Lipinski definition) is 7. The number of carbonyl (C=O) groups is 1. The summed E-state index contributed by atoms with van der Waals surface area (Å²) in [5.41, 5.74) is 0.634. The lowest BCUT2D eigenvalue weighted by molar-refractivity contribution is -0.384. The Bertz CT molecular complexity index is 1130. The quantitative estimate of drug-likeness (QED) is 0.326. The molecule has 0 saturated carbocycles. The molecule has 0 spiro atoms. The van der Waals surface area contributed by atoms with Crippen molar-refractivity contribution in [1.29, 1.82) is 0 Å². The van der Waals surface area contributed by atoms with E-state index >= 15 is 0 Å². The highest BCUT2D eigenvalue weighted by Crippen LogP contribution is 2.41. The number of nitro groups is 1. The third kappa shape index (κ3) is 4.84. The van der Waals surface area contributed by atoms with E-state index in [1.54, 1.807) is 25.1 Å². The zero-order valence-corrected chi connectivity index (χ0v) is 17.8. The first kappa shape index (κ1) is 21.9. The molecule has 30 heavy (non-hydrogen) atoms. The highest BCUT2D eigenvalue weighted by molar-refractivity contribution is 8.18. The fourth-order valence-corrected chi connectivity index (χ4v) is 4.03. The number of aliphatic hydroxyl groups is 1. The molecule has 1 heterocycles. The highest BCUT2D eigenvalue weighted by atomic mass is 35.5. The molecule has 3 rings (SSSR count). The number of halogens is 2. The van der Waals surface area contributed by atoms with Crippen molar-refractivity contribution in [3.05, 3.63) is 84.4 Å². The predicted molar refractivity (Wildman–Crippen MR) is 119 cm³/mol. The van der Waals surface area contributed by atoms with E-state index in [1.165, 1.54) is 30.3 Å². The van der Waals surface area contributed by atoms with E-state index in [2.05, 4.69) is 4.99 Å². The Morgan fingerprint density at radius 3 is 2.73 bits per heavy atom. The van der Waals surface area contributed by atoms with Crippen LogP contribution in [0.25, 0.3) is 6.08 Å². The number of rotatable bonds is 5. The van der Waals surface area contributed by atoms with Gasteiger partial charge in [-0.15, -0.1) is 0 Å². The minimum atomic E-state index is -0.742. The van der Waals surface area contributed by atoms with Crippen LogP contribution in [-0.2, 0) is 9.53 Å². The van der Waals surface area contributed by atoms with Crippen LogP contribution in [0.15, 0.2) is 63.7 Å². The number of nitro benzene ring substituents is 1. The van der Waals surface area contributed by atoms with E-state index in [0.717, 1.165) is 11.8 Å². The molecule has 0 unspecified atom stereocenters. The molecule has 0 bridgehead atoms. The number of carbonyl (C=O) groups excluding carboxylic acids is 1. The lowest BCUT2D eigenvalue weighted by Gasteiger charge is -2.05. The standard InChI is InChI=1S/C20H14Cl2N2O5S/c1-2-29-20(26)17-18(25)16(9-11-4-3-5-13(8-11)24(27)28)30-19(17)23-15-7-6-12(21)10-14(15)22/h3-10,25H,2H2,1H3/b16-9+,23-19?. The summed E-state index contributed by atoms with van der Waals surface area (Å²) in [6.07, 6.45) is 1.53. The van der Waals surface area contributed by atoms with Crippen LogP contribution >= 0.6 is 35.0 Å². The molecule has 0 atom stereocenters. The first-order valence-corrected chi connectivity index (χ1v) is 10.2. The second-order valence-electron chi connectivity index (χ2n) is 5.92. The second-order valence-corrected chi connectivity index (χ2v) is 7.79. The van der Waals surface area contributed by atoms with Crippen LogP contribution < -0.4 is 0 Å². The zero-order chi connectivity index (χ0) is 21.8. The van der Waals surface area contributed by atoms with Crippen LogP contribution in [0.2, 0.25) is 10.0 Å². The van der Waals surface area contributed by atoms with Gasteiger partial charge in [-0.05, 0) is 36.8 Å². The molecule has 2 aromatic carbocycles. The largest absolute Gasteiger partial charge is 0.506 e. The van der Waals surface area contributed by atoms with Crippen LogP contribution in [0, 0.1) is 10.1 Å². The minimum Gasteiger partial charge on any atom is -0.506 e. The average Bonchev–Trinajstić information content (AvgIpc) is 2.99. The second kappa shape index (κ2) is 9.34. The molecule has 1 aliphatic rings. The van der Waals surface area contributed by atoms with Gasteiger partial charge in [0.2, 0.25) is 0 Å². The molecule has 0 aliphatic carbocycles. The lowest BCUT2D eigenvalue weighted by Crippen LogP contribution is -2.12. The third-order valence-electron chi connectivity index (χ3n) is 3.88. The van der Waals surface area contributed by atoms with E-state index in [0.29, 0.717) is 21.2 Å². The summed E-state index contributed by atoms with van der Waals surface area (Å²) in [5, 5.41) is 22.6. The Labute approximate surface area is 185 Å². The summed E-state index contributed by atoms with van der Waals surface area (Å²) in [7, 11) is 0. The monoisotopic (exact) mass is 464 g/mol. The molecule has 0 aromatic heterocycles. The molecule has 0 amide bonds. The van der Waals surface area contributed by atoms with Crippen LogP contribution in [0.5, 0.6) is 0 Å². The molecular formula is C20H14Cl2N2O5S. The normalized spacial score (nSPS) is 16.4. The predicted octanol–water partition coefficient (Wildman–Crippen LogP) is 6.09. The van der Waals surface area contributed by atoms with Gasteiger partial charge in [0.05, 0.1) is 27.1 Å². The smallest absolute Gasteiger partial charge is 0.344 e. The van der Waals surface area contributed by atoms with Crippen LogP contribution in [0.1, 0.15) is 12.5 Å². The molecule has 7 nitrogen and oxygen atoms in total. The Kier molecular flexibility index (Phi) is 6.81. The topological polar surface area (TPSA) is 102 Å². The Hall–Kier alpha value is -2.81. The molecule has 154 valence electrons. The SMILES string of the molecule is CCOC(=O)C1=C(O)/C(=C\c2cccc([N+](=O)[O-])c2)SC1=Nc1ccc(Cl)cc1Cl. The molecule has 1 aliphatic heterocycles. The number of ether oxygens (including phenoxy) is 1. The summed E-state index contributed by atoms with van der Waals surface area (Å²) in [6, 6.07) is 10.6. The van der Waals surface area contributed by atoms with Crippen molar-refractivity contribution >= 4 is 63.4 Å². The first-order valence-electron chi connectivity index (χ1n) is 8.59. The van der Waals surface area contributed by atoms with E-state index in [4.69, 9.17) is 27.9 Å². The maximum atomic E-state index is 12.4. The Balaban J connectivity index is 2.07. The highest BCUT2D eigenvalue weighted by Gasteiger charge is 2.33. The minimum absolute atomic E-state index is 0.0942. The van der Waals surface area contributed by atoms with Gasteiger partial charge in [0.1, 0.15) is 16.4 Å². The Morgan fingerprint density at radius 1 is 1.30 bits per heavy atom. The fourth-order valence-electron chi connectivity index (χ4n) is 2.55. The van der Waals surface area contributed by atoms with Crippen LogP contribution in [-0.4, -0.2) is 27.6 Å². The molecular weight excluding hydrogens is 451 g/mol. The number of thioether (sulfide) groups is 1. The molecule has 1 N–H and O–H groups in total. The van der Waals surface area contributed by atoms with Gasteiger partial charge in [-0.25, -0.2) is 9.79 Å². The molecule has 0 radical (unpaired) electrons. The van der Waals surface area contributed by atoms with Gasteiger partial charge in [-0.2, -0.15) is 0 Å². The van der Waals surface area contributed by atoms with E-state index < -0.39 is 10.9 Å². The van der Waals surface area contributed by atoms with Crippen molar-refractivity contribution in [2.24, 2.45) is 4.99 Å². The van der Waals surface area contributed by atoms with Gasteiger partial charge in [-0.1, -0.05) is 47.1 Å². The van der Waals surface area contributed by atoms with Crippen molar-refractivity contribution in [1.82, 2.24) is 0 Å². The average molecular weight is 465 g/mol. The van der Waals surface area contributed by atoms with Crippen molar-refractivity contribution < 1.29 is 19.6 Å². The molecule has 2 aromatic rings. The maximum absolute atomic E-state index is 12.4. The number of hydrogen-bond donors (Lipinski definition) is 1. The van der Waals surface area contributed by atoms with E-state index in [9.17, 15) is 20.0 Å². The summed E-state index contributed by atoms with van der Waals surface area (Å²) < 4.78 is 5.04. The van der Waals surface area contributed by atoms with Crippen LogP contribution in [0.3, 0.4) is 0 Å². The van der Waals surface area contributed by atoms with Gasteiger partial charge in [-0.3, -0.25) is 10.1 Å². The summed E-state index contributed by atoms with van der Waals surface area (Å²) in [4.78, 5) is 27.6. The summed E-state index contributed by atoms with van der Waals surface area (Å²) in [5.74, 6) is -1.07. The van der Waals surface area contributed by atoms with Gasteiger partial charge < -0.3 is 9.84 Å². The number of nitrogens with zero attached hydrogens (tertiary/aromatic N) is 2. The van der Waals surface area contributed by atoms with Gasteiger partial charge >= 0.3 is 5.97 Å². The first-order chi connectivity index (χ1) is 14.3. The van der Waals surface area contributed by atoms with Crippen molar-refractivity contribution in [3.63, 3.8) is 0 Å². The van der Waals surface area contributed by atoms with Crippen molar-refractivity contribution in [3.8, 4) is 0 Å². The van der Waals surface area contributed by atoms with Gasteiger partial charge in [0.15, 0.2) is 0 Å². The molecule has 10 heteroatoms. The Morgan fingerprint density at radius 2 is 2.07 bits per heavy atom. The third-order valence-corrected chi connectivity index (χ3v) is 5.44.